The lowest BCUT2D eigenvalue weighted by atomic mass is 9.86. The molecule has 6 nitrogen and oxygen atoms in total. The predicted octanol–water partition coefficient (Wildman–Crippen LogP) is 0.655. The van der Waals surface area contributed by atoms with Crippen molar-refractivity contribution >= 4 is 12.1 Å². The van der Waals surface area contributed by atoms with Crippen molar-refractivity contribution < 1.29 is 19.4 Å². The van der Waals surface area contributed by atoms with E-state index in [0.29, 0.717) is 0 Å². The van der Waals surface area contributed by atoms with E-state index in [1.54, 1.807) is 27.7 Å². The van der Waals surface area contributed by atoms with E-state index in [2.05, 4.69) is 0 Å². The van der Waals surface area contributed by atoms with Gasteiger partial charge in [0.15, 0.2) is 0 Å². The van der Waals surface area contributed by atoms with Gasteiger partial charge < -0.3 is 20.5 Å². The van der Waals surface area contributed by atoms with Crippen molar-refractivity contribution in [2.75, 3.05) is 13.1 Å². The number of nitrogens with zero attached hydrogens (tertiary/aromatic N) is 1. The first-order valence-corrected chi connectivity index (χ1v) is 5.53. The number of carbonyl (C=O) groups is 2. The van der Waals surface area contributed by atoms with Crippen LogP contribution in [-0.4, -0.2) is 46.8 Å². The van der Waals surface area contributed by atoms with Crippen LogP contribution in [0.25, 0.3) is 0 Å². The van der Waals surface area contributed by atoms with Crippen molar-refractivity contribution in [3.8, 4) is 0 Å². The van der Waals surface area contributed by atoms with Gasteiger partial charge in [0.1, 0.15) is 5.60 Å². The molecule has 1 aliphatic rings. The van der Waals surface area contributed by atoms with Crippen molar-refractivity contribution in [3.05, 3.63) is 0 Å². The van der Waals surface area contributed by atoms with E-state index in [-0.39, 0.29) is 13.1 Å². The van der Waals surface area contributed by atoms with Crippen molar-refractivity contribution in [3.63, 3.8) is 0 Å². The Bertz CT molecular complexity index is 337. The number of amides is 1. The summed E-state index contributed by atoms with van der Waals surface area (Å²) < 4.78 is 5.18. The van der Waals surface area contributed by atoms with Gasteiger partial charge in [-0.3, -0.25) is 4.79 Å². The van der Waals surface area contributed by atoms with Gasteiger partial charge in [0.2, 0.25) is 0 Å². The molecule has 98 valence electrons. The number of carbonyl (C=O) groups excluding carboxylic acids is 1. The SMILES string of the molecule is CC(C)(C)OC(=O)N1C[C@@H](N)C(C)(C(=O)O)C1. The molecule has 1 saturated heterocycles. The summed E-state index contributed by atoms with van der Waals surface area (Å²) in [6.07, 6.45) is -0.516. The maximum absolute atomic E-state index is 11.8. The van der Waals surface area contributed by atoms with Crippen LogP contribution in [0.4, 0.5) is 4.79 Å². The highest BCUT2D eigenvalue weighted by molar-refractivity contribution is 5.78. The fourth-order valence-electron chi connectivity index (χ4n) is 1.71. The second-order valence-electron chi connectivity index (χ2n) is 5.69. The predicted molar refractivity (Wildman–Crippen MR) is 61.5 cm³/mol. The number of aliphatic carboxylic acids is 1. The fraction of sp³-hybridized carbons (Fsp3) is 0.818. The Labute approximate surface area is 101 Å². The maximum Gasteiger partial charge on any atom is 0.410 e. The van der Waals surface area contributed by atoms with Crippen molar-refractivity contribution in [2.24, 2.45) is 11.1 Å². The quantitative estimate of drug-likeness (QED) is 0.706. The zero-order chi connectivity index (χ0) is 13.4. The number of likely N-dealkylation sites (tertiary alicyclic amines) is 1. The summed E-state index contributed by atoms with van der Waals surface area (Å²) in [4.78, 5) is 24.3. The molecular formula is C11H20N2O4. The second kappa shape index (κ2) is 4.18. The number of rotatable bonds is 1. The zero-order valence-corrected chi connectivity index (χ0v) is 10.7. The number of ether oxygens (including phenoxy) is 1. The van der Waals surface area contributed by atoms with Crippen LogP contribution in [0.1, 0.15) is 27.7 Å². The van der Waals surface area contributed by atoms with Gasteiger partial charge in [-0.1, -0.05) is 0 Å². The molecule has 0 aromatic rings. The standard InChI is InChI=1S/C11H20N2O4/c1-10(2,3)17-9(16)13-5-7(12)11(4,6-13)8(14)15/h7H,5-6,12H2,1-4H3,(H,14,15)/t7-,11?/m1/s1. The van der Waals surface area contributed by atoms with E-state index in [0.717, 1.165) is 0 Å². The van der Waals surface area contributed by atoms with Gasteiger partial charge in [-0.2, -0.15) is 0 Å². The van der Waals surface area contributed by atoms with E-state index < -0.39 is 29.1 Å². The van der Waals surface area contributed by atoms with Crippen molar-refractivity contribution in [2.45, 2.75) is 39.3 Å². The number of hydrogen-bond acceptors (Lipinski definition) is 4. The van der Waals surface area contributed by atoms with Crippen LogP contribution < -0.4 is 5.73 Å². The molecule has 17 heavy (non-hydrogen) atoms. The smallest absolute Gasteiger partial charge is 0.410 e. The molecule has 1 unspecified atom stereocenters. The molecule has 0 aliphatic carbocycles. The molecule has 0 aromatic carbocycles. The van der Waals surface area contributed by atoms with Gasteiger partial charge in [0.05, 0.1) is 5.41 Å². The summed E-state index contributed by atoms with van der Waals surface area (Å²) in [6.45, 7) is 7.12. The lowest BCUT2D eigenvalue weighted by Crippen LogP contribution is -2.44. The highest BCUT2D eigenvalue weighted by atomic mass is 16.6. The summed E-state index contributed by atoms with van der Waals surface area (Å²) in [7, 11) is 0. The zero-order valence-electron chi connectivity index (χ0n) is 10.7. The van der Waals surface area contributed by atoms with Crippen LogP contribution in [0.15, 0.2) is 0 Å². The summed E-state index contributed by atoms with van der Waals surface area (Å²) in [5, 5.41) is 9.12. The molecule has 3 N–H and O–H groups in total. The molecule has 0 aromatic heterocycles. The van der Waals surface area contributed by atoms with Crippen molar-refractivity contribution in [1.29, 1.82) is 0 Å². The minimum Gasteiger partial charge on any atom is -0.481 e. The van der Waals surface area contributed by atoms with Crippen LogP contribution in [0.5, 0.6) is 0 Å². The first-order valence-electron chi connectivity index (χ1n) is 5.53. The Morgan fingerprint density at radius 1 is 1.47 bits per heavy atom. The first kappa shape index (κ1) is 13.8. The summed E-state index contributed by atoms with van der Waals surface area (Å²) in [5.41, 5.74) is 4.08. The van der Waals surface area contributed by atoms with Crippen molar-refractivity contribution in [1.82, 2.24) is 4.90 Å². The average Bonchev–Trinajstić information content (AvgIpc) is 2.42. The molecular weight excluding hydrogens is 224 g/mol. The summed E-state index contributed by atoms with van der Waals surface area (Å²) in [6, 6.07) is -0.576. The number of carboxylic acid groups (broad SMARTS) is 1. The number of hydrogen-bond donors (Lipinski definition) is 2. The molecule has 0 saturated carbocycles. The van der Waals surface area contributed by atoms with Gasteiger partial charge in [0, 0.05) is 19.1 Å². The van der Waals surface area contributed by atoms with Gasteiger partial charge >= 0.3 is 12.1 Å². The third-order valence-electron chi connectivity index (χ3n) is 2.90. The lowest BCUT2D eigenvalue weighted by Gasteiger charge is -2.25. The normalized spacial score (nSPS) is 29.2. The Morgan fingerprint density at radius 3 is 2.35 bits per heavy atom. The molecule has 1 aliphatic heterocycles. The Morgan fingerprint density at radius 2 is 2.00 bits per heavy atom. The van der Waals surface area contributed by atoms with Crippen LogP contribution in [0.3, 0.4) is 0 Å². The van der Waals surface area contributed by atoms with Crippen LogP contribution in [-0.2, 0) is 9.53 Å². The van der Waals surface area contributed by atoms with Crippen LogP contribution >= 0.6 is 0 Å². The topological polar surface area (TPSA) is 92.9 Å². The first-order chi connectivity index (χ1) is 7.56. The van der Waals surface area contributed by atoms with E-state index in [1.165, 1.54) is 4.90 Å². The lowest BCUT2D eigenvalue weighted by molar-refractivity contribution is -0.147. The molecule has 0 spiro atoms. The largest absolute Gasteiger partial charge is 0.481 e. The van der Waals surface area contributed by atoms with Crippen LogP contribution in [0, 0.1) is 5.41 Å². The van der Waals surface area contributed by atoms with E-state index in [9.17, 15) is 9.59 Å². The molecule has 0 bridgehead atoms. The molecule has 6 heteroatoms. The third kappa shape index (κ3) is 2.88. The number of nitrogens with two attached hydrogens (primary N) is 1. The molecule has 1 amide bonds. The number of carboxylic acids is 1. The minimum atomic E-state index is -1.10. The molecule has 1 heterocycles. The van der Waals surface area contributed by atoms with Gasteiger partial charge in [0.25, 0.3) is 0 Å². The Kier molecular flexibility index (Phi) is 3.38. The monoisotopic (exact) mass is 244 g/mol. The highest BCUT2D eigenvalue weighted by Gasteiger charge is 2.49. The van der Waals surface area contributed by atoms with Gasteiger partial charge in [-0.15, -0.1) is 0 Å². The molecule has 2 atom stereocenters. The van der Waals surface area contributed by atoms with E-state index in [4.69, 9.17) is 15.6 Å². The van der Waals surface area contributed by atoms with Gasteiger partial charge in [-0.05, 0) is 27.7 Å². The molecule has 0 radical (unpaired) electrons. The Balaban J connectivity index is 2.73. The summed E-state index contributed by atoms with van der Waals surface area (Å²) >= 11 is 0. The van der Waals surface area contributed by atoms with Crippen LogP contribution in [0.2, 0.25) is 0 Å². The van der Waals surface area contributed by atoms with Gasteiger partial charge in [-0.25, -0.2) is 4.79 Å². The fourth-order valence-corrected chi connectivity index (χ4v) is 1.71. The van der Waals surface area contributed by atoms with E-state index in [1.807, 2.05) is 0 Å². The molecule has 1 rings (SSSR count). The average molecular weight is 244 g/mol. The van der Waals surface area contributed by atoms with E-state index >= 15 is 0 Å². The summed E-state index contributed by atoms with van der Waals surface area (Å²) in [5.74, 6) is -0.990. The Hall–Kier alpha value is -1.30. The minimum absolute atomic E-state index is 0.0818. The third-order valence-corrected chi connectivity index (χ3v) is 2.90. The molecule has 1 fully saturated rings. The maximum atomic E-state index is 11.8. The highest BCUT2D eigenvalue weighted by Crippen LogP contribution is 2.30. The second-order valence-corrected chi connectivity index (χ2v) is 5.69.